The summed E-state index contributed by atoms with van der Waals surface area (Å²) in [6, 6.07) is 17.8. The number of nitrogens with one attached hydrogen (secondary N) is 1. The highest BCUT2D eigenvalue weighted by Crippen LogP contribution is 2.33. The van der Waals surface area contributed by atoms with Gasteiger partial charge in [-0.1, -0.05) is 60.3 Å². The van der Waals surface area contributed by atoms with Crippen molar-refractivity contribution in [3.63, 3.8) is 0 Å². The van der Waals surface area contributed by atoms with Crippen LogP contribution in [-0.2, 0) is 4.79 Å². The van der Waals surface area contributed by atoms with Crippen LogP contribution >= 0.6 is 11.8 Å². The summed E-state index contributed by atoms with van der Waals surface area (Å²) in [5.74, 6) is 0.954. The molecule has 0 atom stereocenters. The summed E-state index contributed by atoms with van der Waals surface area (Å²) in [5.41, 5.74) is 2.86. The van der Waals surface area contributed by atoms with Crippen LogP contribution in [0.2, 0.25) is 0 Å². The third-order valence-electron chi connectivity index (χ3n) is 3.90. The molecular formula is C21H21N3O2S. The Labute approximate surface area is 163 Å². The van der Waals surface area contributed by atoms with Crippen LogP contribution in [0.1, 0.15) is 0 Å². The zero-order valence-corrected chi connectivity index (χ0v) is 15.9. The second-order valence-corrected chi connectivity index (χ2v) is 6.62. The molecule has 3 aromatic rings. The van der Waals surface area contributed by atoms with E-state index < -0.39 is 0 Å². The van der Waals surface area contributed by atoms with Crippen molar-refractivity contribution in [1.82, 2.24) is 14.9 Å². The molecule has 0 saturated carbocycles. The first-order chi connectivity index (χ1) is 13.2. The molecule has 0 fully saturated rings. The molecule has 0 aliphatic heterocycles. The molecule has 0 aliphatic rings. The van der Waals surface area contributed by atoms with Gasteiger partial charge in [0.15, 0.2) is 5.16 Å². The number of benzene rings is 2. The predicted molar refractivity (Wildman–Crippen MR) is 109 cm³/mol. The summed E-state index contributed by atoms with van der Waals surface area (Å²) in [6.45, 7) is 4.06. The molecule has 5 nitrogen and oxygen atoms in total. The number of nitrogens with zero attached hydrogens (tertiary/aromatic N) is 2. The van der Waals surface area contributed by atoms with Crippen LogP contribution in [0.4, 0.5) is 0 Å². The third-order valence-corrected chi connectivity index (χ3v) is 4.85. The first kappa shape index (κ1) is 18.8. The van der Waals surface area contributed by atoms with E-state index in [0.29, 0.717) is 6.54 Å². The van der Waals surface area contributed by atoms with Crippen LogP contribution in [0, 0.1) is 0 Å². The molecule has 0 radical (unpaired) electrons. The zero-order chi connectivity index (χ0) is 19.1. The Hall–Kier alpha value is -2.99. The van der Waals surface area contributed by atoms with Gasteiger partial charge in [-0.05, 0) is 12.1 Å². The van der Waals surface area contributed by atoms with Crippen molar-refractivity contribution >= 4 is 17.7 Å². The standard InChI is InChI=1S/C21H21N3O2S/c1-3-13-22-20(25)15-27-21-23-14-18(16-9-5-4-6-10-16)24(21)17-11-7-8-12-19(17)26-2/h3-12,14H,1,13,15H2,2H3,(H,22,25). The van der Waals surface area contributed by atoms with E-state index in [1.54, 1.807) is 13.2 Å². The predicted octanol–water partition coefficient (Wildman–Crippen LogP) is 3.94. The van der Waals surface area contributed by atoms with E-state index in [2.05, 4.69) is 16.9 Å². The van der Waals surface area contributed by atoms with E-state index in [1.165, 1.54) is 11.8 Å². The Morgan fingerprint density at radius 3 is 2.70 bits per heavy atom. The molecule has 0 spiro atoms. The van der Waals surface area contributed by atoms with Crippen LogP contribution in [0.5, 0.6) is 5.75 Å². The van der Waals surface area contributed by atoms with Gasteiger partial charge in [-0.2, -0.15) is 0 Å². The number of hydrogen-bond donors (Lipinski definition) is 1. The van der Waals surface area contributed by atoms with Gasteiger partial charge in [0.1, 0.15) is 5.75 Å². The number of aromatic nitrogens is 2. The van der Waals surface area contributed by atoms with Gasteiger partial charge in [0.2, 0.25) is 5.91 Å². The minimum atomic E-state index is -0.0595. The van der Waals surface area contributed by atoms with Crippen molar-refractivity contribution in [3.05, 3.63) is 73.4 Å². The number of thioether (sulfide) groups is 1. The Kier molecular flexibility index (Phi) is 6.33. The van der Waals surface area contributed by atoms with E-state index in [9.17, 15) is 4.79 Å². The number of rotatable bonds is 8. The van der Waals surface area contributed by atoms with E-state index in [4.69, 9.17) is 4.74 Å². The van der Waals surface area contributed by atoms with Gasteiger partial charge in [0.05, 0.1) is 30.4 Å². The van der Waals surface area contributed by atoms with Gasteiger partial charge in [-0.15, -0.1) is 6.58 Å². The first-order valence-corrected chi connectivity index (χ1v) is 9.50. The molecule has 0 aliphatic carbocycles. The Morgan fingerprint density at radius 1 is 1.22 bits per heavy atom. The molecule has 2 aromatic carbocycles. The van der Waals surface area contributed by atoms with Crippen molar-refractivity contribution in [2.75, 3.05) is 19.4 Å². The van der Waals surface area contributed by atoms with E-state index in [0.717, 1.165) is 27.9 Å². The maximum atomic E-state index is 12.0. The van der Waals surface area contributed by atoms with Gasteiger partial charge >= 0.3 is 0 Å². The molecule has 3 rings (SSSR count). The molecule has 1 aromatic heterocycles. The molecule has 0 bridgehead atoms. The summed E-state index contributed by atoms with van der Waals surface area (Å²) < 4.78 is 7.57. The van der Waals surface area contributed by atoms with Crippen molar-refractivity contribution in [1.29, 1.82) is 0 Å². The van der Waals surface area contributed by atoms with Gasteiger partial charge in [0, 0.05) is 12.1 Å². The number of imidazole rings is 1. The summed E-state index contributed by atoms with van der Waals surface area (Å²) in [5, 5.41) is 3.51. The first-order valence-electron chi connectivity index (χ1n) is 8.51. The summed E-state index contributed by atoms with van der Waals surface area (Å²) in [7, 11) is 1.65. The Morgan fingerprint density at radius 2 is 1.96 bits per heavy atom. The fourth-order valence-electron chi connectivity index (χ4n) is 2.66. The molecule has 27 heavy (non-hydrogen) atoms. The van der Waals surface area contributed by atoms with Crippen molar-refractivity contribution < 1.29 is 9.53 Å². The normalized spacial score (nSPS) is 10.4. The summed E-state index contributed by atoms with van der Waals surface area (Å²) >= 11 is 1.39. The second kappa shape index (κ2) is 9.09. The summed E-state index contributed by atoms with van der Waals surface area (Å²) in [4.78, 5) is 16.5. The third kappa shape index (κ3) is 4.41. The van der Waals surface area contributed by atoms with Crippen LogP contribution in [0.15, 0.2) is 78.6 Å². The quantitative estimate of drug-likeness (QED) is 0.476. The van der Waals surface area contributed by atoms with Gasteiger partial charge < -0.3 is 10.1 Å². The lowest BCUT2D eigenvalue weighted by Gasteiger charge is -2.15. The van der Waals surface area contributed by atoms with Crippen LogP contribution in [0.3, 0.4) is 0 Å². The topological polar surface area (TPSA) is 56.2 Å². The van der Waals surface area contributed by atoms with E-state index in [1.807, 2.05) is 65.4 Å². The molecule has 0 saturated heterocycles. The molecule has 6 heteroatoms. The van der Waals surface area contributed by atoms with Crippen LogP contribution in [0.25, 0.3) is 16.9 Å². The van der Waals surface area contributed by atoms with Crippen molar-refractivity contribution in [2.24, 2.45) is 0 Å². The lowest BCUT2D eigenvalue weighted by molar-refractivity contribution is -0.118. The SMILES string of the molecule is C=CCNC(=O)CSc1ncc(-c2ccccc2)n1-c1ccccc1OC. The van der Waals surface area contributed by atoms with E-state index >= 15 is 0 Å². The minimum absolute atomic E-state index is 0.0595. The van der Waals surface area contributed by atoms with Crippen molar-refractivity contribution in [3.8, 4) is 22.7 Å². The smallest absolute Gasteiger partial charge is 0.230 e. The van der Waals surface area contributed by atoms with E-state index in [-0.39, 0.29) is 11.7 Å². The molecule has 0 unspecified atom stereocenters. The monoisotopic (exact) mass is 379 g/mol. The maximum Gasteiger partial charge on any atom is 0.230 e. The molecule has 1 N–H and O–H groups in total. The largest absolute Gasteiger partial charge is 0.495 e. The highest BCUT2D eigenvalue weighted by atomic mass is 32.2. The van der Waals surface area contributed by atoms with Gasteiger partial charge in [0.25, 0.3) is 0 Å². The molecular weight excluding hydrogens is 358 g/mol. The number of para-hydroxylation sites is 2. The molecule has 138 valence electrons. The van der Waals surface area contributed by atoms with Crippen LogP contribution < -0.4 is 10.1 Å². The fourth-order valence-corrected chi connectivity index (χ4v) is 3.48. The zero-order valence-electron chi connectivity index (χ0n) is 15.1. The average Bonchev–Trinajstić information content (AvgIpc) is 3.15. The van der Waals surface area contributed by atoms with Crippen LogP contribution in [-0.4, -0.2) is 34.9 Å². The summed E-state index contributed by atoms with van der Waals surface area (Å²) in [6.07, 6.45) is 3.48. The molecule has 1 heterocycles. The fraction of sp³-hybridized carbons (Fsp3) is 0.143. The number of carbonyl (C=O) groups excluding carboxylic acids is 1. The number of amides is 1. The highest BCUT2D eigenvalue weighted by molar-refractivity contribution is 7.99. The minimum Gasteiger partial charge on any atom is -0.495 e. The maximum absolute atomic E-state index is 12.0. The number of carbonyl (C=O) groups is 1. The Balaban J connectivity index is 2.00. The lowest BCUT2D eigenvalue weighted by atomic mass is 10.1. The van der Waals surface area contributed by atoms with Gasteiger partial charge in [-0.3, -0.25) is 9.36 Å². The highest BCUT2D eigenvalue weighted by Gasteiger charge is 2.17. The number of methoxy groups -OCH3 is 1. The number of hydrogen-bond acceptors (Lipinski definition) is 4. The lowest BCUT2D eigenvalue weighted by Crippen LogP contribution is -2.25. The van der Waals surface area contributed by atoms with Crippen molar-refractivity contribution in [2.45, 2.75) is 5.16 Å². The Bertz CT molecular complexity index is 922. The number of ether oxygens (including phenoxy) is 1. The second-order valence-electron chi connectivity index (χ2n) is 5.68. The average molecular weight is 379 g/mol. The molecule has 1 amide bonds. The van der Waals surface area contributed by atoms with Gasteiger partial charge in [-0.25, -0.2) is 4.98 Å².